The summed E-state index contributed by atoms with van der Waals surface area (Å²) in [7, 11) is 1.65. The minimum Gasteiger partial charge on any atom is -0.481 e. The number of halogens is 3. The maximum atomic E-state index is 13.0. The lowest BCUT2D eigenvalue weighted by atomic mass is 9.94. The Bertz CT molecular complexity index is 549. The SMILES string of the molecule is CN(C(=O)CNC(=O)N1C[C@@H](C(F)(F)F)[C@H](C(=O)O)C1)C1CCCCC1. The number of amides is 3. The molecule has 1 heterocycles. The molecule has 2 N–H and O–H groups in total. The summed E-state index contributed by atoms with van der Waals surface area (Å²) in [5.74, 6) is -5.70. The molecule has 148 valence electrons. The van der Waals surface area contributed by atoms with Gasteiger partial charge in [-0.25, -0.2) is 4.79 Å². The number of alkyl halides is 3. The second kappa shape index (κ2) is 8.13. The first-order valence-electron chi connectivity index (χ1n) is 8.69. The third-order valence-electron chi connectivity index (χ3n) is 5.25. The van der Waals surface area contributed by atoms with Gasteiger partial charge >= 0.3 is 18.2 Å². The molecule has 2 atom stereocenters. The fraction of sp³-hybridized carbons (Fsp3) is 0.812. The Morgan fingerprint density at radius 2 is 1.77 bits per heavy atom. The lowest BCUT2D eigenvalue weighted by Gasteiger charge is -2.31. The zero-order valence-electron chi connectivity index (χ0n) is 14.6. The molecule has 0 radical (unpaired) electrons. The molecule has 10 heteroatoms. The standard InChI is InChI=1S/C16H24F3N3O4/c1-21(10-5-3-2-4-6-10)13(23)7-20-15(26)22-8-11(14(24)25)12(9-22)16(17,18)19/h10-12H,2-9H2,1H3,(H,20,26)(H,24,25)/t11-,12-/m1/s1. The number of carboxylic acid groups (broad SMARTS) is 1. The number of hydrogen-bond acceptors (Lipinski definition) is 3. The van der Waals surface area contributed by atoms with Crippen LogP contribution in [0.1, 0.15) is 32.1 Å². The van der Waals surface area contributed by atoms with Gasteiger partial charge in [-0.3, -0.25) is 9.59 Å². The minimum atomic E-state index is -4.70. The van der Waals surface area contributed by atoms with E-state index in [1.807, 2.05) is 0 Å². The minimum absolute atomic E-state index is 0.117. The number of carboxylic acids is 1. The van der Waals surface area contributed by atoms with Crippen LogP contribution in [0.25, 0.3) is 0 Å². The van der Waals surface area contributed by atoms with Crippen molar-refractivity contribution in [2.45, 2.75) is 44.3 Å². The molecular weight excluding hydrogens is 355 g/mol. The third kappa shape index (κ3) is 4.79. The fourth-order valence-electron chi connectivity index (χ4n) is 3.61. The van der Waals surface area contributed by atoms with E-state index in [9.17, 15) is 27.6 Å². The van der Waals surface area contributed by atoms with E-state index in [-0.39, 0.29) is 18.5 Å². The predicted molar refractivity (Wildman–Crippen MR) is 85.3 cm³/mol. The molecule has 1 saturated heterocycles. The number of carbonyl (C=O) groups excluding carboxylic acids is 2. The molecule has 0 aromatic heterocycles. The summed E-state index contributed by atoms with van der Waals surface area (Å²) in [6.07, 6.45) is 0.311. The van der Waals surface area contributed by atoms with Gasteiger partial charge in [0.05, 0.1) is 18.4 Å². The van der Waals surface area contributed by atoms with Gasteiger partial charge in [0.2, 0.25) is 5.91 Å². The molecule has 2 aliphatic rings. The molecule has 2 fully saturated rings. The second-order valence-corrected chi connectivity index (χ2v) is 6.95. The van der Waals surface area contributed by atoms with Crippen molar-refractivity contribution >= 4 is 17.9 Å². The number of nitrogens with zero attached hydrogens (tertiary/aromatic N) is 2. The largest absolute Gasteiger partial charge is 0.481 e. The average molecular weight is 379 g/mol. The summed E-state index contributed by atoms with van der Waals surface area (Å²) >= 11 is 0. The fourth-order valence-corrected chi connectivity index (χ4v) is 3.61. The van der Waals surface area contributed by atoms with Gasteiger partial charge < -0.3 is 20.2 Å². The van der Waals surface area contributed by atoms with Crippen LogP contribution in [0.15, 0.2) is 0 Å². The highest BCUT2D eigenvalue weighted by Crippen LogP contribution is 2.37. The molecule has 0 bridgehead atoms. The molecule has 7 nitrogen and oxygen atoms in total. The lowest BCUT2D eigenvalue weighted by Crippen LogP contribution is -2.47. The van der Waals surface area contributed by atoms with Crippen LogP contribution in [0.4, 0.5) is 18.0 Å². The number of carbonyl (C=O) groups is 3. The van der Waals surface area contributed by atoms with Gasteiger partial charge in [0.15, 0.2) is 0 Å². The molecule has 26 heavy (non-hydrogen) atoms. The van der Waals surface area contributed by atoms with Gasteiger partial charge in [-0.1, -0.05) is 19.3 Å². The Morgan fingerprint density at radius 3 is 2.27 bits per heavy atom. The summed E-state index contributed by atoms with van der Waals surface area (Å²) in [4.78, 5) is 37.7. The Hall–Kier alpha value is -2.00. The zero-order valence-corrected chi connectivity index (χ0v) is 14.6. The molecule has 1 saturated carbocycles. The number of likely N-dealkylation sites (tertiary alicyclic amines) is 1. The van der Waals surface area contributed by atoms with Gasteiger partial charge in [-0.2, -0.15) is 13.2 Å². The first kappa shape index (κ1) is 20.3. The molecule has 0 spiro atoms. The van der Waals surface area contributed by atoms with Crippen LogP contribution in [0, 0.1) is 11.8 Å². The monoisotopic (exact) mass is 379 g/mol. The van der Waals surface area contributed by atoms with E-state index in [1.165, 1.54) is 0 Å². The molecule has 1 aliphatic heterocycles. The van der Waals surface area contributed by atoms with Crippen LogP contribution < -0.4 is 5.32 Å². The Kier molecular flexibility index (Phi) is 6.35. The zero-order chi connectivity index (χ0) is 19.5. The van der Waals surface area contributed by atoms with Crippen LogP contribution in [0.3, 0.4) is 0 Å². The van der Waals surface area contributed by atoms with Crippen LogP contribution in [-0.2, 0) is 9.59 Å². The highest BCUT2D eigenvalue weighted by atomic mass is 19.4. The Morgan fingerprint density at radius 1 is 1.15 bits per heavy atom. The van der Waals surface area contributed by atoms with E-state index < -0.39 is 43.1 Å². The number of urea groups is 1. The van der Waals surface area contributed by atoms with Gasteiger partial charge in [0.1, 0.15) is 0 Å². The van der Waals surface area contributed by atoms with E-state index in [0.717, 1.165) is 37.0 Å². The van der Waals surface area contributed by atoms with Gasteiger partial charge in [-0.15, -0.1) is 0 Å². The average Bonchev–Trinajstić information content (AvgIpc) is 3.05. The van der Waals surface area contributed by atoms with Crippen molar-refractivity contribution in [2.75, 3.05) is 26.7 Å². The first-order valence-corrected chi connectivity index (χ1v) is 8.69. The van der Waals surface area contributed by atoms with Crippen molar-refractivity contribution in [3.05, 3.63) is 0 Å². The van der Waals surface area contributed by atoms with Crippen molar-refractivity contribution in [2.24, 2.45) is 11.8 Å². The van der Waals surface area contributed by atoms with Crippen molar-refractivity contribution < 1.29 is 32.7 Å². The van der Waals surface area contributed by atoms with E-state index in [0.29, 0.717) is 0 Å². The topological polar surface area (TPSA) is 90.0 Å². The quantitative estimate of drug-likeness (QED) is 0.778. The van der Waals surface area contributed by atoms with E-state index in [4.69, 9.17) is 5.11 Å². The summed E-state index contributed by atoms with van der Waals surface area (Å²) in [6, 6.07) is -0.737. The van der Waals surface area contributed by atoms with Crippen LogP contribution in [-0.4, -0.2) is 71.7 Å². The summed E-state index contributed by atoms with van der Waals surface area (Å²) < 4.78 is 38.9. The van der Waals surface area contributed by atoms with Gasteiger partial charge in [0.25, 0.3) is 0 Å². The highest BCUT2D eigenvalue weighted by Gasteiger charge is 2.53. The second-order valence-electron chi connectivity index (χ2n) is 6.95. The van der Waals surface area contributed by atoms with E-state index >= 15 is 0 Å². The molecule has 0 unspecified atom stereocenters. The first-order chi connectivity index (χ1) is 12.1. The van der Waals surface area contributed by atoms with E-state index in [2.05, 4.69) is 5.32 Å². The molecule has 3 amide bonds. The van der Waals surface area contributed by atoms with E-state index in [1.54, 1.807) is 11.9 Å². The highest BCUT2D eigenvalue weighted by molar-refractivity contribution is 5.84. The lowest BCUT2D eigenvalue weighted by molar-refractivity contribution is -0.187. The third-order valence-corrected chi connectivity index (χ3v) is 5.25. The summed E-state index contributed by atoms with van der Waals surface area (Å²) in [6.45, 7) is -1.58. The van der Waals surface area contributed by atoms with Crippen LogP contribution in [0.5, 0.6) is 0 Å². The van der Waals surface area contributed by atoms with Crippen molar-refractivity contribution in [3.63, 3.8) is 0 Å². The number of likely N-dealkylation sites (N-methyl/N-ethyl adjacent to an activating group) is 1. The number of rotatable bonds is 4. The molecule has 2 rings (SSSR count). The smallest absolute Gasteiger partial charge is 0.394 e. The van der Waals surface area contributed by atoms with Crippen molar-refractivity contribution in [3.8, 4) is 0 Å². The van der Waals surface area contributed by atoms with Gasteiger partial charge in [-0.05, 0) is 12.8 Å². The normalized spacial score (nSPS) is 24.4. The van der Waals surface area contributed by atoms with Gasteiger partial charge in [0, 0.05) is 26.2 Å². The maximum absolute atomic E-state index is 13.0. The van der Waals surface area contributed by atoms with Crippen molar-refractivity contribution in [1.82, 2.24) is 15.1 Å². The van der Waals surface area contributed by atoms with Crippen molar-refractivity contribution in [1.29, 1.82) is 0 Å². The summed E-state index contributed by atoms with van der Waals surface area (Å²) in [5, 5.41) is 11.3. The maximum Gasteiger partial charge on any atom is 0.394 e. The predicted octanol–water partition coefficient (Wildman–Crippen LogP) is 1.68. The molecule has 0 aromatic rings. The molecule has 0 aromatic carbocycles. The number of hydrogen-bond donors (Lipinski definition) is 2. The Balaban J connectivity index is 1.87. The van der Waals surface area contributed by atoms with Crippen LogP contribution >= 0.6 is 0 Å². The molecular formula is C16H24F3N3O4. The molecule has 1 aliphatic carbocycles. The number of nitrogens with one attached hydrogen (secondary N) is 1. The Labute approximate surface area is 149 Å². The number of aliphatic carboxylic acids is 1. The summed E-state index contributed by atoms with van der Waals surface area (Å²) in [5.41, 5.74) is 0. The van der Waals surface area contributed by atoms with Crippen LogP contribution in [0.2, 0.25) is 0 Å².